The molecule has 0 aliphatic rings. The number of methoxy groups -OCH3 is 1. The Morgan fingerprint density at radius 1 is 1.11 bits per heavy atom. The van der Waals surface area contributed by atoms with Gasteiger partial charge in [0, 0.05) is 28.5 Å². The van der Waals surface area contributed by atoms with Crippen molar-refractivity contribution in [1.82, 2.24) is 20.2 Å². The van der Waals surface area contributed by atoms with Crippen LogP contribution in [0.25, 0.3) is 22.3 Å². The maximum absolute atomic E-state index is 12.5. The van der Waals surface area contributed by atoms with Gasteiger partial charge in [-0.05, 0) is 55.3 Å². The first-order valence-electron chi connectivity index (χ1n) is 8.86. The molecule has 2 N–H and O–H groups in total. The molecule has 0 aliphatic carbocycles. The van der Waals surface area contributed by atoms with E-state index in [9.17, 15) is 4.79 Å². The maximum Gasteiger partial charge on any atom is 0.209 e. The summed E-state index contributed by atoms with van der Waals surface area (Å²) in [5.41, 5.74) is 4.87. The number of pyridine rings is 1. The summed E-state index contributed by atoms with van der Waals surface area (Å²) in [5.74, 6) is 2.07. The van der Waals surface area contributed by atoms with Gasteiger partial charge in [0.15, 0.2) is 11.3 Å². The molecule has 4 aromatic rings. The lowest BCUT2D eigenvalue weighted by molar-refractivity contribution is 0.415. The van der Waals surface area contributed by atoms with Crippen LogP contribution in [0, 0.1) is 13.8 Å². The fourth-order valence-corrected chi connectivity index (χ4v) is 3.88. The second-order valence-corrected chi connectivity index (χ2v) is 7.59. The number of hydrogen-bond donors (Lipinski definition) is 2. The normalized spacial score (nSPS) is 11.1. The Labute approximate surface area is 166 Å². The van der Waals surface area contributed by atoms with Gasteiger partial charge < -0.3 is 9.72 Å². The molecule has 0 bridgehead atoms. The van der Waals surface area contributed by atoms with E-state index in [2.05, 4.69) is 26.2 Å². The molecule has 0 spiro atoms. The van der Waals surface area contributed by atoms with Gasteiger partial charge in [0.05, 0.1) is 12.6 Å². The Kier molecular flexibility index (Phi) is 4.92. The molecule has 4 rings (SSSR count). The van der Waals surface area contributed by atoms with Crippen molar-refractivity contribution in [1.29, 1.82) is 0 Å². The predicted octanol–water partition coefficient (Wildman–Crippen LogP) is 4.23. The van der Waals surface area contributed by atoms with Crippen molar-refractivity contribution < 1.29 is 4.74 Å². The average molecular weight is 392 g/mol. The van der Waals surface area contributed by atoms with E-state index in [0.717, 1.165) is 39.0 Å². The third-order valence-corrected chi connectivity index (χ3v) is 5.42. The summed E-state index contributed by atoms with van der Waals surface area (Å²) >= 11 is 1.47. The molecule has 0 amide bonds. The van der Waals surface area contributed by atoms with Crippen molar-refractivity contribution in [2.24, 2.45) is 0 Å². The molecule has 0 fully saturated rings. The highest BCUT2D eigenvalue weighted by molar-refractivity contribution is 7.98. The Hall–Kier alpha value is -3.06. The van der Waals surface area contributed by atoms with Gasteiger partial charge in [-0.25, -0.2) is 4.98 Å². The molecule has 2 aromatic carbocycles. The third-order valence-electron chi connectivity index (χ3n) is 4.52. The number of nitrogens with zero attached hydrogens (tertiary/aromatic N) is 2. The highest BCUT2D eigenvalue weighted by atomic mass is 32.2. The SMILES string of the molecule is COc1ccc(-c2nc(SCc3cc(=O)c4cc(C)cc(C)c4[nH]3)n[nH]2)cc1. The number of aromatic amines is 2. The number of rotatable bonds is 5. The fraction of sp³-hybridized carbons (Fsp3) is 0.190. The Bertz CT molecular complexity index is 1200. The maximum atomic E-state index is 12.5. The molecule has 2 aromatic heterocycles. The van der Waals surface area contributed by atoms with Crippen LogP contribution >= 0.6 is 11.8 Å². The highest BCUT2D eigenvalue weighted by Gasteiger charge is 2.09. The Morgan fingerprint density at radius 3 is 2.64 bits per heavy atom. The van der Waals surface area contributed by atoms with Crippen molar-refractivity contribution >= 4 is 22.7 Å². The number of aromatic nitrogens is 4. The smallest absolute Gasteiger partial charge is 0.209 e. The Balaban J connectivity index is 1.53. The van der Waals surface area contributed by atoms with E-state index in [1.807, 2.05) is 44.2 Å². The molecule has 0 radical (unpaired) electrons. The number of nitrogens with one attached hydrogen (secondary N) is 2. The van der Waals surface area contributed by atoms with Crippen molar-refractivity contribution in [3.05, 3.63) is 69.5 Å². The largest absolute Gasteiger partial charge is 0.497 e. The lowest BCUT2D eigenvalue weighted by atomic mass is 10.1. The molecule has 142 valence electrons. The van der Waals surface area contributed by atoms with Gasteiger partial charge in [0.1, 0.15) is 5.75 Å². The molecule has 0 saturated heterocycles. The van der Waals surface area contributed by atoms with E-state index in [-0.39, 0.29) is 5.43 Å². The summed E-state index contributed by atoms with van der Waals surface area (Å²) in [4.78, 5) is 20.4. The molecule has 0 atom stereocenters. The minimum atomic E-state index is 0.0325. The molecule has 0 aliphatic heterocycles. The lowest BCUT2D eigenvalue weighted by Gasteiger charge is -2.07. The van der Waals surface area contributed by atoms with E-state index < -0.39 is 0 Å². The highest BCUT2D eigenvalue weighted by Crippen LogP contribution is 2.24. The van der Waals surface area contributed by atoms with Gasteiger partial charge >= 0.3 is 0 Å². The van der Waals surface area contributed by atoms with Gasteiger partial charge in [-0.15, -0.1) is 5.10 Å². The van der Waals surface area contributed by atoms with Crippen LogP contribution in [-0.4, -0.2) is 27.3 Å². The van der Waals surface area contributed by atoms with Gasteiger partial charge in [0.2, 0.25) is 5.16 Å². The summed E-state index contributed by atoms with van der Waals surface area (Å²) in [6.45, 7) is 4.01. The van der Waals surface area contributed by atoms with Crippen molar-refractivity contribution in [2.45, 2.75) is 24.8 Å². The van der Waals surface area contributed by atoms with Gasteiger partial charge in [-0.1, -0.05) is 17.8 Å². The number of aryl methyl sites for hydroxylation is 2. The van der Waals surface area contributed by atoms with E-state index >= 15 is 0 Å². The van der Waals surface area contributed by atoms with Gasteiger partial charge in [-0.2, -0.15) is 0 Å². The van der Waals surface area contributed by atoms with E-state index in [0.29, 0.717) is 16.7 Å². The summed E-state index contributed by atoms with van der Waals surface area (Å²) < 4.78 is 5.17. The lowest BCUT2D eigenvalue weighted by Crippen LogP contribution is -2.06. The quantitative estimate of drug-likeness (QED) is 0.497. The zero-order valence-electron chi connectivity index (χ0n) is 15.9. The first-order valence-corrected chi connectivity index (χ1v) is 9.85. The first kappa shape index (κ1) is 18.3. The van der Waals surface area contributed by atoms with Crippen molar-refractivity contribution in [2.75, 3.05) is 7.11 Å². The summed E-state index contributed by atoms with van der Waals surface area (Å²) in [5, 5.41) is 8.58. The van der Waals surface area contributed by atoms with Gasteiger partial charge in [0.25, 0.3) is 0 Å². The minimum absolute atomic E-state index is 0.0325. The van der Waals surface area contributed by atoms with Crippen molar-refractivity contribution in [3.8, 4) is 17.1 Å². The first-order chi connectivity index (χ1) is 13.5. The van der Waals surface area contributed by atoms with Crippen molar-refractivity contribution in [3.63, 3.8) is 0 Å². The molecule has 0 saturated carbocycles. The molecule has 2 heterocycles. The number of H-pyrrole nitrogens is 2. The minimum Gasteiger partial charge on any atom is -0.497 e. The van der Waals surface area contributed by atoms with Crippen LogP contribution in [0.2, 0.25) is 0 Å². The van der Waals surface area contributed by atoms with E-state index in [4.69, 9.17) is 4.74 Å². The van der Waals surface area contributed by atoms with Crippen LogP contribution in [0.4, 0.5) is 0 Å². The zero-order valence-corrected chi connectivity index (χ0v) is 16.7. The third kappa shape index (κ3) is 3.66. The van der Waals surface area contributed by atoms with Crippen LogP contribution in [0.15, 0.2) is 52.4 Å². The van der Waals surface area contributed by atoms with Crippen LogP contribution in [-0.2, 0) is 5.75 Å². The topological polar surface area (TPSA) is 83.7 Å². The number of fused-ring (bicyclic) bond motifs is 1. The molecule has 6 nitrogen and oxygen atoms in total. The summed E-state index contributed by atoms with van der Waals surface area (Å²) in [7, 11) is 1.64. The summed E-state index contributed by atoms with van der Waals surface area (Å²) in [6.07, 6.45) is 0. The van der Waals surface area contributed by atoms with Crippen LogP contribution in [0.3, 0.4) is 0 Å². The second kappa shape index (κ2) is 7.52. The predicted molar refractivity (Wildman–Crippen MR) is 112 cm³/mol. The molecular formula is C21H20N4O2S. The zero-order chi connectivity index (χ0) is 19.7. The number of benzene rings is 2. The molecule has 28 heavy (non-hydrogen) atoms. The number of hydrogen-bond acceptors (Lipinski definition) is 5. The van der Waals surface area contributed by atoms with Crippen LogP contribution in [0.1, 0.15) is 16.8 Å². The molecule has 7 heteroatoms. The molecular weight excluding hydrogens is 372 g/mol. The molecule has 0 unspecified atom stereocenters. The standard InChI is InChI=1S/C21H20N4O2S/c1-12-8-13(2)19-17(9-12)18(26)10-15(22-19)11-28-21-23-20(24-25-21)14-4-6-16(27-3)7-5-14/h4-10H,11H2,1-3H3,(H,22,26)(H,23,24,25). The van der Waals surface area contributed by atoms with E-state index in [1.165, 1.54) is 11.8 Å². The van der Waals surface area contributed by atoms with Crippen LogP contribution < -0.4 is 10.2 Å². The monoisotopic (exact) mass is 392 g/mol. The second-order valence-electron chi connectivity index (χ2n) is 6.65. The number of ether oxygens (including phenoxy) is 1. The number of thioether (sulfide) groups is 1. The van der Waals surface area contributed by atoms with E-state index in [1.54, 1.807) is 13.2 Å². The Morgan fingerprint density at radius 2 is 1.89 bits per heavy atom. The average Bonchev–Trinajstić information content (AvgIpc) is 3.16. The van der Waals surface area contributed by atoms with Gasteiger partial charge in [-0.3, -0.25) is 9.89 Å². The fourth-order valence-electron chi connectivity index (χ4n) is 3.17. The van der Waals surface area contributed by atoms with Crippen LogP contribution in [0.5, 0.6) is 5.75 Å². The summed E-state index contributed by atoms with van der Waals surface area (Å²) in [6, 6.07) is 13.3.